The third-order valence-corrected chi connectivity index (χ3v) is 6.94. The predicted octanol–water partition coefficient (Wildman–Crippen LogP) is 1.21. The van der Waals surface area contributed by atoms with Gasteiger partial charge in [-0.15, -0.1) is 0 Å². The minimum Gasteiger partial charge on any atom is -0.373 e. The molecule has 0 spiro atoms. The number of ether oxygens (including phenoxy) is 1. The van der Waals surface area contributed by atoms with Crippen LogP contribution in [-0.2, 0) is 14.8 Å². The van der Waals surface area contributed by atoms with Crippen molar-refractivity contribution in [1.82, 2.24) is 14.9 Å². The Morgan fingerprint density at radius 3 is 2.48 bits per heavy atom. The van der Waals surface area contributed by atoms with Gasteiger partial charge in [0.05, 0.1) is 17.1 Å². The molecule has 0 bridgehead atoms. The number of benzene rings is 1. The molecule has 0 radical (unpaired) electrons. The number of morpholine rings is 1. The lowest BCUT2D eigenvalue weighted by Crippen LogP contribution is -2.48. The fourth-order valence-corrected chi connectivity index (χ4v) is 5.28. The zero-order chi connectivity index (χ0) is 19.4. The van der Waals surface area contributed by atoms with Crippen LogP contribution < -0.4 is 10.6 Å². The van der Waals surface area contributed by atoms with Crippen LogP contribution in [0.25, 0.3) is 0 Å². The van der Waals surface area contributed by atoms with Crippen molar-refractivity contribution < 1.29 is 17.9 Å². The van der Waals surface area contributed by atoms with E-state index in [2.05, 4.69) is 10.6 Å². The Morgan fingerprint density at radius 1 is 1.22 bits per heavy atom. The van der Waals surface area contributed by atoms with Gasteiger partial charge in [0.15, 0.2) is 0 Å². The second-order valence-electron chi connectivity index (χ2n) is 7.53. The lowest BCUT2D eigenvalue weighted by molar-refractivity contribution is -0.0440. The smallest absolute Gasteiger partial charge is 0.251 e. The van der Waals surface area contributed by atoms with E-state index >= 15 is 0 Å². The number of carbonyl (C=O) groups excluding carboxylic acids is 1. The summed E-state index contributed by atoms with van der Waals surface area (Å²) in [5.41, 5.74) is 0.474. The Balaban J connectivity index is 1.62. The summed E-state index contributed by atoms with van der Waals surface area (Å²) in [6, 6.07) is 6.18. The van der Waals surface area contributed by atoms with Crippen LogP contribution in [0.5, 0.6) is 0 Å². The summed E-state index contributed by atoms with van der Waals surface area (Å²) in [5.74, 6) is 0.283. The molecule has 7 nitrogen and oxygen atoms in total. The summed E-state index contributed by atoms with van der Waals surface area (Å²) in [7, 11) is -3.59. The van der Waals surface area contributed by atoms with E-state index < -0.39 is 10.0 Å². The fourth-order valence-electron chi connectivity index (χ4n) is 3.69. The minimum atomic E-state index is -3.59. The van der Waals surface area contributed by atoms with Crippen LogP contribution in [0.1, 0.15) is 37.0 Å². The van der Waals surface area contributed by atoms with Crippen molar-refractivity contribution in [2.24, 2.45) is 5.92 Å². The van der Waals surface area contributed by atoms with Crippen molar-refractivity contribution >= 4 is 15.9 Å². The number of hydrogen-bond donors (Lipinski definition) is 2. The SMILES string of the molecule is CC1CN(S(=O)(=O)c2ccc(C(=O)NCC3CCCNC3)cc2)CC(C)O1. The van der Waals surface area contributed by atoms with E-state index in [1.165, 1.54) is 16.4 Å². The molecule has 1 amide bonds. The first-order chi connectivity index (χ1) is 12.9. The number of amides is 1. The standard InChI is InChI=1S/C19H29N3O4S/c1-14-12-22(13-15(2)26-14)27(24,25)18-7-5-17(6-8-18)19(23)21-11-16-4-3-9-20-10-16/h5-8,14-16,20H,3-4,9-13H2,1-2H3,(H,21,23). The normalized spacial score (nSPS) is 27.3. The van der Waals surface area contributed by atoms with Gasteiger partial charge in [-0.3, -0.25) is 4.79 Å². The number of hydrogen-bond acceptors (Lipinski definition) is 5. The van der Waals surface area contributed by atoms with Crippen LogP contribution in [0.3, 0.4) is 0 Å². The van der Waals surface area contributed by atoms with Gasteiger partial charge in [-0.25, -0.2) is 8.42 Å². The maximum absolute atomic E-state index is 12.9. The Hall–Kier alpha value is -1.48. The highest BCUT2D eigenvalue weighted by Crippen LogP contribution is 2.21. The first-order valence-electron chi connectivity index (χ1n) is 9.61. The van der Waals surface area contributed by atoms with Gasteiger partial charge in [0, 0.05) is 25.2 Å². The summed E-state index contributed by atoms with van der Waals surface area (Å²) < 4.78 is 32.8. The molecule has 3 rings (SSSR count). The quantitative estimate of drug-likeness (QED) is 0.783. The molecule has 3 atom stereocenters. The van der Waals surface area contributed by atoms with Crippen LogP contribution in [0.2, 0.25) is 0 Å². The molecule has 0 aliphatic carbocycles. The third kappa shape index (κ3) is 5.07. The zero-order valence-corrected chi connectivity index (χ0v) is 16.8. The molecular weight excluding hydrogens is 366 g/mol. The van der Waals surface area contributed by atoms with E-state index in [9.17, 15) is 13.2 Å². The van der Waals surface area contributed by atoms with Crippen molar-refractivity contribution in [2.75, 3.05) is 32.7 Å². The van der Waals surface area contributed by atoms with E-state index in [-0.39, 0.29) is 23.0 Å². The van der Waals surface area contributed by atoms with Crippen molar-refractivity contribution in [3.63, 3.8) is 0 Å². The van der Waals surface area contributed by atoms with Gasteiger partial charge in [0.1, 0.15) is 0 Å². The number of rotatable bonds is 5. The Labute approximate surface area is 161 Å². The van der Waals surface area contributed by atoms with Crippen LogP contribution >= 0.6 is 0 Å². The summed E-state index contributed by atoms with van der Waals surface area (Å²) in [5, 5.41) is 6.27. The average Bonchev–Trinajstić information content (AvgIpc) is 2.66. The van der Waals surface area contributed by atoms with Crippen molar-refractivity contribution in [1.29, 1.82) is 0 Å². The molecule has 3 unspecified atom stereocenters. The summed E-state index contributed by atoms with van der Waals surface area (Å²) >= 11 is 0. The third-order valence-electron chi connectivity index (χ3n) is 5.09. The van der Waals surface area contributed by atoms with E-state index in [4.69, 9.17) is 4.74 Å². The molecule has 8 heteroatoms. The molecule has 0 saturated carbocycles. The zero-order valence-electron chi connectivity index (χ0n) is 16.0. The molecule has 2 saturated heterocycles. The first-order valence-corrected chi connectivity index (χ1v) is 11.0. The number of sulfonamides is 1. The van der Waals surface area contributed by atoms with Gasteiger partial charge in [0.25, 0.3) is 5.91 Å². The monoisotopic (exact) mass is 395 g/mol. The second-order valence-corrected chi connectivity index (χ2v) is 9.46. The van der Waals surface area contributed by atoms with Gasteiger partial charge in [-0.1, -0.05) is 0 Å². The number of nitrogens with one attached hydrogen (secondary N) is 2. The lowest BCUT2D eigenvalue weighted by Gasteiger charge is -2.34. The highest BCUT2D eigenvalue weighted by molar-refractivity contribution is 7.89. The highest BCUT2D eigenvalue weighted by atomic mass is 32.2. The van der Waals surface area contributed by atoms with Gasteiger partial charge in [-0.2, -0.15) is 4.31 Å². The van der Waals surface area contributed by atoms with Gasteiger partial charge < -0.3 is 15.4 Å². The topological polar surface area (TPSA) is 87.7 Å². The van der Waals surface area contributed by atoms with E-state index in [0.717, 1.165) is 25.9 Å². The molecule has 0 aromatic heterocycles. The maximum Gasteiger partial charge on any atom is 0.251 e. The van der Waals surface area contributed by atoms with Crippen LogP contribution in [-0.4, -0.2) is 63.6 Å². The Bertz CT molecular complexity index is 735. The number of carbonyl (C=O) groups is 1. The molecule has 1 aromatic carbocycles. The van der Waals surface area contributed by atoms with Crippen LogP contribution in [0, 0.1) is 5.92 Å². The molecular formula is C19H29N3O4S. The summed E-state index contributed by atoms with van der Waals surface area (Å²) in [6.07, 6.45) is 1.97. The molecule has 2 N–H and O–H groups in total. The average molecular weight is 396 g/mol. The first kappa shape index (κ1) is 20.3. The van der Waals surface area contributed by atoms with E-state index in [0.29, 0.717) is 31.1 Å². The maximum atomic E-state index is 12.9. The second kappa shape index (κ2) is 8.68. The predicted molar refractivity (Wildman–Crippen MR) is 103 cm³/mol. The molecule has 2 aliphatic rings. The van der Waals surface area contributed by atoms with Gasteiger partial charge >= 0.3 is 0 Å². The Morgan fingerprint density at radius 2 is 1.89 bits per heavy atom. The van der Waals surface area contributed by atoms with Crippen molar-refractivity contribution in [3.05, 3.63) is 29.8 Å². The molecule has 27 heavy (non-hydrogen) atoms. The van der Waals surface area contributed by atoms with Gasteiger partial charge in [0.2, 0.25) is 10.0 Å². The number of nitrogens with zero attached hydrogens (tertiary/aromatic N) is 1. The minimum absolute atomic E-state index is 0.136. The van der Waals surface area contributed by atoms with E-state index in [1.807, 2.05) is 13.8 Å². The number of piperidine rings is 1. The molecule has 2 heterocycles. The van der Waals surface area contributed by atoms with Gasteiger partial charge in [-0.05, 0) is 70.0 Å². The summed E-state index contributed by atoms with van der Waals surface area (Å²) in [6.45, 7) is 7.01. The summed E-state index contributed by atoms with van der Waals surface area (Å²) in [4.78, 5) is 12.5. The van der Waals surface area contributed by atoms with Crippen LogP contribution in [0.15, 0.2) is 29.2 Å². The lowest BCUT2D eigenvalue weighted by atomic mass is 10.00. The van der Waals surface area contributed by atoms with Crippen LogP contribution in [0.4, 0.5) is 0 Å². The fraction of sp³-hybridized carbons (Fsp3) is 0.632. The molecule has 1 aromatic rings. The highest BCUT2D eigenvalue weighted by Gasteiger charge is 2.32. The molecule has 2 aliphatic heterocycles. The van der Waals surface area contributed by atoms with Crippen molar-refractivity contribution in [3.8, 4) is 0 Å². The van der Waals surface area contributed by atoms with Crippen molar-refractivity contribution in [2.45, 2.75) is 43.8 Å². The van der Waals surface area contributed by atoms with E-state index in [1.54, 1.807) is 12.1 Å². The Kier molecular flexibility index (Phi) is 6.52. The molecule has 150 valence electrons. The largest absolute Gasteiger partial charge is 0.373 e. The molecule has 2 fully saturated rings.